The summed E-state index contributed by atoms with van der Waals surface area (Å²) in [6.07, 6.45) is 4.31. The Balaban J connectivity index is 1.70. The maximum Gasteiger partial charge on any atom is 0.134 e. The van der Waals surface area contributed by atoms with Gasteiger partial charge < -0.3 is 5.32 Å². The zero-order valence-corrected chi connectivity index (χ0v) is 13.5. The van der Waals surface area contributed by atoms with Gasteiger partial charge in [0.2, 0.25) is 0 Å². The van der Waals surface area contributed by atoms with Crippen LogP contribution in [0.15, 0.2) is 36.0 Å². The van der Waals surface area contributed by atoms with Gasteiger partial charge in [-0.05, 0) is 12.1 Å². The summed E-state index contributed by atoms with van der Waals surface area (Å²) in [7, 11) is 0. The number of rotatable bonds is 5. The van der Waals surface area contributed by atoms with Crippen LogP contribution in [0.4, 0.5) is 5.82 Å². The lowest BCUT2D eigenvalue weighted by Gasteiger charge is -2.05. The van der Waals surface area contributed by atoms with E-state index in [2.05, 4.69) is 25.3 Å². The van der Waals surface area contributed by atoms with Gasteiger partial charge in [0, 0.05) is 35.8 Å². The summed E-state index contributed by atoms with van der Waals surface area (Å²) >= 11 is 7.58. The molecule has 0 aliphatic heterocycles. The minimum absolute atomic E-state index is 0.448. The molecule has 5 nitrogen and oxygen atoms in total. The smallest absolute Gasteiger partial charge is 0.134 e. The molecule has 0 spiro atoms. The highest BCUT2D eigenvalue weighted by Crippen LogP contribution is 2.23. The quantitative estimate of drug-likeness (QED) is 0.720. The molecule has 0 bridgehead atoms. The van der Waals surface area contributed by atoms with Crippen molar-refractivity contribution in [1.82, 2.24) is 19.9 Å². The zero-order valence-electron chi connectivity index (χ0n) is 12.0. The molecule has 1 N–H and O–H groups in total. The second-order valence-electron chi connectivity index (χ2n) is 4.58. The fourth-order valence-corrected chi connectivity index (χ4v) is 2.92. The van der Waals surface area contributed by atoms with E-state index in [0.717, 1.165) is 28.5 Å². The van der Waals surface area contributed by atoms with E-state index in [1.165, 1.54) is 0 Å². The average Bonchev–Trinajstić information content (AvgIpc) is 3.02. The van der Waals surface area contributed by atoms with Gasteiger partial charge in [0.15, 0.2) is 0 Å². The lowest BCUT2D eigenvalue weighted by Crippen LogP contribution is -2.04. The van der Waals surface area contributed by atoms with Crippen LogP contribution in [-0.2, 0) is 13.0 Å². The minimum atomic E-state index is 0.448. The molecule has 3 aromatic heterocycles. The Kier molecular flexibility index (Phi) is 4.60. The average molecular weight is 332 g/mol. The van der Waals surface area contributed by atoms with Gasteiger partial charge in [-0.2, -0.15) is 0 Å². The molecule has 0 aromatic carbocycles. The third-order valence-corrected chi connectivity index (χ3v) is 4.10. The summed E-state index contributed by atoms with van der Waals surface area (Å²) in [5.41, 5.74) is 1.98. The van der Waals surface area contributed by atoms with Gasteiger partial charge >= 0.3 is 0 Å². The number of aromatic nitrogens is 4. The second kappa shape index (κ2) is 6.81. The monoisotopic (exact) mass is 331 g/mol. The summed E-state index contributed by atoms with van der Waals surface area (Å²) in [6, 6.07) is 5.62. The van der Waals surface area contributed by atoms with Gasteiger partial charge in [-0.1, -0.05) is 18.5 Å². The molecular formula is C15H14ClN5S. The fourth-order valence-electron chi connectivity index (χ4n) is 1.90. The largest absolute Gasteiger partial charge is 0.364 e. The third-order valence-electron chi connectivity index (χ3n) is 2.97. The molecule has 3 aromatic rings. The predicted octanol–water partition coefficient (Wildman–Crippen LogP) is 3.82. The molecule has 0 radical (unpaired) electrons. The highest BCUT2D eigenvalue weighted by Gasteiger charge is 2.06. The maximum atomic E-state index is 5.98. The predicted molar refractivity (Wildman–Crippen MR) is 89.1 cm³/mol. The Labute approximate surface area is 137 Å². The van der Waals surface area contributed by atoms with Crippen LogP contribution >= 0.6 is 22.9 Å². The van der Waals surface area contributed by atoms with E-state index in [1.807, 2.05) is 30.6 Å². The van der Waals surface area contributed by atoms with Gasteiger partial charge in [-0.25, -0.2) is 15.0 Å². The third kappa shape index (κ3) is 3.58. The Morgan fingerprint density at radius 1 is 1.27 bits per heavy atom. The Morgan fingerprint density at radius 3 is 2.95 bits per heavy atom. The first kappa shape index (κ1) is 14.9. The first-order valence-electron chi connectivity index (χ1n) is 6.86. The zero-order chi connectivity index (χ0) is 15.4. The SMILES string of the molecule is CCc1nc(Cl)cc(NCc2csc(-c3cccnc3)n2)n1. The first-order valence-corrected chi connectivity index (χ1v) is 8.12. The molecule has 112 valence electrons. The number of nitrogens with one attached hydrogen (secondary N) is 1. The van der Waals surface area contributed by atoms with Gasteiger partial charge in [-0.15, -0.1) is 11.3 Å². The number of thiazole rings is 1. The minimum Gasteiger partial charge on any atom is -0.364 e. The van der Waals surface area contributed by atoms with E-state index in [9.17, 15) is 0 Å². The number of pyridine rings is 1. The standard InChI is InChI=1S/C15H14ClN5S/c1-2-13-20-12(16)6-14(21-13)18-8-11-9-22-15(19-11)10-4-3-5-17-7-10/h3-7,9H,2,8H2,1H3,(H,18,20,21). The van der Waals surface area contributed by atoms with Gasteiger partial charge in [-0.3, -0.25) is 4.98 Å². The number of halogens is 1. The van der Waals surface area contributed by atoms with E-state index < -0.39 is 0 Å². The van der Waals surface area contributed by atoms with Crippen LogP contribution in [0.3, 0.4) is 0 Å². The Hall–Kier alpha value is -2.05. The van der Waals surface area contributed by atoms with Crippen molar-refractivity contribution in [3.63, 3.8) is 0 Å². The van der Waals surface area contributed by atoms with Crippen molar-refractivity contribution in [2.45, 2.75) is 19.9 Å². The van der Waals surface area contributed by atoms with E-state index in [4.69, 9.17) is 11.6 Å². The van der Waals surface area contributed by atoms with Gasteiger partial charge in [0.25, 0.3) is 0 Å². The van der Waals surface area contributed by atoms with Crippen LogP contribution in [0, 0.1) is 0 Å². The molecule has 0 saturated carbocycles. The van der Waals surface area contributed by atoms with Crippen molar-refractivity contribution >= 4 is 28.8 Å². The molecule has 0 unspecified atom stereocenters. The number of hydrogen-bond donors (Lipinski definition) is 1. The summed E-state index contributed by atoms with van der Waals surface area (Å²) in [5.74, 6) is 1.44. The summed E-state index contributed by atoms with van der Waals surface area (Å²) in [6.45, 7) is 2.59. The molecule has 7 heteroatoms. The van der Waals surface area contributed by atoms with Crippen LogP contribution in [0.1, 0.15) is 18.4 Å². The number of nitrogens with zero attached hydrogens (tertiary/aromatic N) is 4. The molecule has 0 saturated heterocycles. The molecule has 0 aliphatic carbocycles. The van der Waals surface area contributed by atoms with Crippen molar-refractivity contribution < 1.29 is 0 Å². The Bertz CT molecular complexity index is 760. The number of aryl methyl sites for hydroxylation is 1. The summed E-state index contributed by atoms with van der Waals surface area (Å²) in [4.78, 5) is 17.2. The normalized spacial score (nSPS) is 10.6. The van der Waals surface area contributed by atoms with Crippen LogP contribution in [0.25, 0.3) is 10.6 Å². The molecule has 0 aliphatic rings. The van der Waals surface area contributed by atoms with Crippen LogP contribution < -0.4 is 5.32 Å². The molecular weight excluding hydrogens is 318 g/mol. The van der Waals surface area contributed by atoms with Crippen molar-refractivity contribution in [2.75, 3.05) is 5.32 Å². The van der Waals surface area contributed by atoms with Gasteiger partial charge in [0.1, 0.15) is 21.8 Å². The fraction of sp³-hybridized carbons (Fsp3) is 0.200. The first-order chi connectivity index (χ1) is 10.7. The molecule has 0 fully saturated rings. The number of anilines is 1. The van der Waals surface area contributed by atoms with Crippen molar-refractivity contribution in [1.29, 1.82) is 0 Å². The van der Waals surface area contributed by atoms with Gasteiger partial charge in [0.05, 0.1) is 12.2 Å². The van der Waals surface area contributed by atoms with E-state index in [1.54, 1.807) is 23.6 Å². The number of hydrogen-bond acceptors (Lipinski definition) is 6. The molecule has 3 heterocycles. The van der Waals surface area contributed by atoms with E-state index in [-0.39, 0.29) is 0 Å². The van der Waals surface area contributed by atoms with Crippen LogP contribution in [0.2, 0.25) is 5.15 Å². The lowest BCUT2D eigenvalue weighted by atomic mass is 10.3. The summed E-state index contributed by atoms with van der Waals surface area (Å²) in [5, 5.41) is 6.67. The highest BCUT2D eigenvalue weighted by atomic mass is 35.5. The molecule has 0 atom stereocenters. The lowest BCUT2D eigenvalue weighted by molar-refractivity contribution is 0.929. The van der Waals surface area contributed by atoms with Crippen LogP contribution in [0.5, 0.6) is 0 Å². The van der Waals surface area contributed by atoms with E-state index >= 15 is 0 Å². The second-order valence-corrected chi connectivity index (χ2v) is 5.83. The maximum absolute atomic E-state index is 5.98. The summed E-state index contributed by atoms with van der Waals surface area (Å²) < 4.78 is 0. The Morgan fingerprint density at radius 2 is 2.18 bits per heavy atom. The van der Waals surface area contributed by atoms with Crippen molar-refractivity contribution in [3.8, 4) is 10.6 Å². The van der Waals surface area contributed by atoms with E-state index in [0.29, 0.717) is 17.5 Å². The van der Waals surface area contributed by atoms with Crippen molar-refractivity contribution in [3.05, 3.63) is 52.6 Å². The molecule has 22 heavy (non-hydrogen) atoms. The molecule has 0 amide bonds. The van der Waals surface area contributed by atoms with Crippen LogP contribution in [-0.4, -0.2) is 19.9 Å². The molecule has 3 rings (SSSR count). The topological polar surface area (TPSA) is 63.6 Å². The highest BCUT2D eigenvalue weighted by molar-refractivity contribution is 7.13. The van der Waals surface area contributed by atoms with Crippen molar-refractivity contribution in [2.24, 2.45) is 0 Å².